The highest BCUT2D eigenvalue weighted by Gasteiger charge is 2.41. The molecule has 0 bridgehead atoms. The predicted molar refractivity (Wildman–Crippen MR) is 64.1 cm³/mol. The van der Waals surface area contributed by atoms with E-state index in [1.54, 1.807) is 4.90 Å². The predicted octanol–water partition coefficient (Wildman–Crippen LogP) is 0.408. The lowest BCUT2D eigenvalue weighted by molar-refractivity contribution is -0.139. The van der Waals surface area contributed by atoms with Crippen molar-refractivity contribution in [2.75, 3.05) is 19.7 Å². The van der Waals surface area contributed by atoms with Crippen molar-refractivity contribution in [3.63, 3.8) is 0 Å². The first-order valence-corrected chi connectivity index (χ1v) is 6.44. The fourth-order valence-corrected chi connectivity index (χ4v) is 2.71. The second-order valence-electron chi connectivity index (χ2n) is 5.42. The molecule has 18 heavy (non-hydrogen) atoms. The summed E-state index contributed by atoms with van der Waals surface area (Å²) in [6, 6.07) is -0.188. The molecule has 2 aliphatic rings. The fourth-order valence-electron chi connectivity index (χ4n) is 2.71. The fraction of sp³-hybridized carbons (Fsp3) is 0.833. The Morgan fingerprint density at radius 2 is 2.11 bits per heavy atom. The minimum absolute atomic E-state index is 0.00396. The molecule has 1 aliphatic carbocycles. The number of hydrogen-bond donors (Lipinski definition) is 3. The normalized spacial score (nSPS) is 25.6. The third-order valence-electron chi connectivity index (χ3n) is 4.00. The molecule has 0 radical (unpaired) electrons. The molecule has 0 aromatic heterocycles. The van der Waals surface area contributed by atoms with Crippen molar-refractivity contribution in [1.82, 2.24) is 10.2 Å². The number of likely N-dealkylation sites (tertiary alicyclic amines) is 1. The summed E-state index contributed by atoms with van der Waals surface area (Å²) >= 11 is 0. The number of carboxylic acid groups (broad SMARTS) is 1. The van der Waals surface area contributed by atoms with E-state index in [0.717, 1.165) is 25.7 Å². The number of aliphatic carboxylic acids is 1. The van der Waals surface area contributed by atoms with Gasteiger partial charge >= 0.3 is 12.0 Å². The minimum Gasteiger partial charge on any atom is -0.481 e. The monoisotopic (exact) mass is 256 g/mol. The van der Waals surface area contributed by atoms with Gasteiger partial charge in [-0.25, -0.2) is 4.79 Å². The Hall–Kier alpha value is -1.30. The summed E-state index contributed by atoms with van der Waals surface area (Å²) in [5.41, 5.74) is -0.541. The molecular formula is C12H20N2O4. The van der Waals surface area contributed by atoms with Crippen LogP contribution in [0.4, 0.5) is 4.79 Å². The standard InChI is InChI=1S/C12H20N2O4/c15-8-9-2-5-14(7-9)11(18)13-12(3-1-4-12)6-10(16)17/h9,15H,1-8H2,(H,13,18)(H,16,17). The molecule has 1 saturated carbocycles. The number of carboxylic acids is 1. The third kappa shape index (κ3) is 2.75. The topological polar surface area (TPSA) is 89.9 Å². The summed E-state index contributed by atoms with van der Waals surface area (Å²) in [7, 11) is 0. The molecule has 2 rings (SSSR count). The van der Waals surface area contributed by atoms with E-state index in [1.165, 1.54) is 0 Å². The van der Waals surface area contributed by atoms with Crippen molar-refractivity contribution in [3.05, 3.63) is 0 Å². The molecule has 2 fully saturated rings. The average Bonchev–Trinajstić information content (AvgIpc) is 2.73. The Kier molecular flexibility index (Phi) is 3.75. The molecule has 2 amide bonds. The van der Waals surface area contributed by atoms with Gasteiger partial charge in [0.25, 0.3) is 0 Å². The van der Waals surface area contributed by atoms with E-state index >= 15 is 0 Å². The number of aliphatic hydroxyl groups excluding tert-OH is 1. The molecule has 1 saturated heterocycles. The molecular weight excluding hydrogens is 236 g/mol. The zero-order valence-corrected chi connectivity index (χ0v) is 10.4. The molecule has 1 aliphatic heterocycles. The number of carbonyl (C=O) groups excluding carboxylic acids is 1. The molecule has 1 heterocycles. The highest BCUT2D eigenvalue weighted by atomic mass is 16.4. The van der Waals surface area contributed by atoms with Gasteiger partial charge in [0.15, 0.2) is 0 Å². The van der Waals surface area contributed by atoms with Gasteiger partial charge in [-0.05, 0) is 25.7 Å². The Morgan fingerprint density at radius 1 is 1.39 bits per heavy atom. The smallest absolute Gasteiger partial charge is 0.317 e. The van der Waals surface area contributed by atoms with Crippen molar-refractivity contribution in [1.29, 1.82) is 0 Å². The third-order valence-corrected chi connectivity index (χ3v) is 4.00. The van der Waals surface area contributed by atoms with Gasteiger partial charge in [-0.15, -0.1) is 0 Å². The lowest BCUT2D eigenvalue weighted by atomic mass is 9.74. The highest BCUT2D eigenvalue weighted by Crippen LogP contribution is 2.35. The number of carbonyl (C=O) groups is 2. The zero-order valence-electron chi connectivity index (χ0n) is 10.4. The van der Waals surface area contributed by atoms with Crippen LogP contribution in [-0.4, -0.2) is 52.3 Å². The molecule has 102 valence electrons. The van der Waals surface area contributed by atoms with E-state index < -0.39 is 11.5 Å². The number of nitrogens with one attached hydrogen (secondary N) is 1. The van der Waals surface area contributed by atoms with Crippen LogP contribution in [0.5, 0.6) is 0 Å². The Bertz CT molecular complexity index is 341. The van der Waals surface area contributed by atoms with Crippen molar-refractivity contribution in [2.24, 2.45) is 5.92 Å². The van der Waals surface area contributed by atoms with E-state index in [4.69, 9.17) is 10.2 Å². The summed E-state index contributed by atoms with van der Waals surface area (Å²) < 4.78 is 0. The van der Waals surface area contributed by atoms with Gasteiger partial charge in [-0.2, -0.15) is 0 Å². The molecule has 3 N–H and O–H groups in total. The van der Waals surface area contributed by atoms with Crippen LogP contribution in [0.1, 0.15) is 32.1 Å². The maximum atomic E-state index is 12.0. The van der Waals surface area contributed by atoms with E-state index in [1.807, 2.05) is 0 Å². The van der Waals surface area contributed by atoms with E-state index in [0.29, 0.717) is 13.1 Å². The van der Waals surface area contributed by atoms with Gasteiger partial charge in [-0.3, -0.25) is 4.79 Å². The molecule has 1 atom stereocenters. The first kappa shape index (κ1) is 13.1. The second kappa shape index (κ2) is 5.14. The van der Waals surface area contributed by atoms with Crippen LogP contribution in [0, 0.1) is 5.92 Å². The summed E-state index contributed by atoms with van der Waals surface area (Å²) in [4.78, 5) is 24.5. The van der Waals surface area contributed by atoms with Crippen molar-refractivity contribution in [2.45, 2.75) is 37.6 Å². The van der Waals surface area contributed by atoms with Crippen LogP contribution in [0.2, 0.25) is 0 Å². The first-order valence-electron chi connectivity index (χ1n) is 6.44. The Morgan fingerprint density at radius 3 is 2.56 bits per heavy atom. The first-order chi connectivity index (χ1) is 8.54. The second-order valence-corrected chi connectivity index (χ2v) is 5.42. The zero-order chi connectivity index (χ0) is 13.2. The number of nitrogens with zero attached hydrogens (tertiary/aromatic N) is 1. The van der Waals surface area contributed by atoms with Crippen LogP contribution < -0.4 is 5.32 Å². The van der Waals surface area contributed by atoms with Crippen LogP contribution in [0.15, 0.2) is 0 Å². The summed E-state index contributed by atoms with van der Waals surface area (Å²) in [5, 5.41) is 20.8. The molecule has 1 unspecified atom stereocenters. The Balaban J connectivity index is 1.88. The molecule has 6 nitrogen and oxygen atoms in total. The SMILES string of the molecule is O=C(O)CC1(NC(=O)N2CCC(CO)C2)CCC1. The summed E-state index contributed by atoms with van der Waals surface area (Å²) in [5.74, 6) is -0.711. The highest BCUT2D eigenvalue weighted by molar-refractivity contribution is 5.77. The van der Waals surface area contributed by atoms with Gasteiger partial charge in [0.1, 0.15) is 0 Å². The quantitative estimate of drug-likeness (QED) is 0.679. The maximum absolute atomic E-state index is 12.0. The summed E-state index contributed by atoms with van der Waals surface area (Å²) in [6.07, 6.45) is 3.25. The number of rotatable bonds is 4. The maximum Gasteiger partial charge on any atom is 0.317 e. The van der Waals surface area contributed by atoms with Gasteiger partial charge in [0.05, 0.1) is 12.0 Å². The molecule has 0 aromatic rings. The Labute approximate surface area is 106 Å². The van der Waals surface area contributed by atoms with Gasteiger partial charge in [-0.1, -0.05) is 0 Å². The molecule has 6 heteroatoms. The van der Waals surface area contributed by atoms with E-state index in [-0.39, 0.29) is 25.0 Å². The number of aliphatic hydroxyl groups is 1. The van der Waals surface area contributed by atoms with Gasteiger partial charge < -0.3 is 20.4 Å². The largest absolute Gasteiger partial charge is 0.481 e. The number of amides is 2. The van der Waals surface area contributed by atoms with E-state index in [2.05, 4.69) is 5.32 Å². The van der Waals surface area contributed by atoms with Gasteiger partial charge in [0, 0.05) is 25.6 Å². The van der Waals surface area contributed by atoms with Crippen LogP contribution >= 0.6 is 0 Å². The van der Waals surface area contributed by atoms with Crippen LogP contribution in [0.3, 0.4) is 0 Å². The van der Waals surface area contributed by atoms with Crippen molar-refractivity contribution >= 4 is 12.0 Å². The minimum atomic E-state index is -0.871. The van der Waals surface area contributed by atoms with Crippen LogP contribution in [-0.2, 0) is 4.79 Å². The number of hydrogen-bond acceptors (Lipinski definition) is 3. The lowest BCUT2D eigenvalue weighted by Crippen LogP contribution is -2.57. The number of urea groups is 1. The molecule has 0 spiro atoms. The average molecular weight is 256 g/mol. The van der Waals surface area contributed by atoms with Crippen molar-refractivity contribution in [3.8, 4) is 0 Å². The summed E-state index contributed by atoms with van der Waals surface area (Å²) in [6.45, 7) is 1.30. The van der Waals surface area contributed by atoms with Crippen LogP contribution in [0.25, 0.3) is 0 Å². The molecule has 0 aromatic carbocycles. The lowest BCUT2D eigenvalue weighted by Gasteiger charge is -2.42. The van der Waals surface area contributed by atoms with Gasteiger partial charge in [0.2, 0.25) is 0 Å². The van der Waals surface area contributed by atoms with E-state index in [9.17, 15) is 9.59 Å². The van der Waals surface area contributed by atoms with Crippen molar-refractivity contribution < 1.29 is 19.8 Å².